The molecule has 0 spiro atoms. The van der Waals surface area contributed by atoms with Crippen LogP contribution in [0.3, 0.4) is 0 Å². The van der Waals surface area contributed by atoms with E-state index in [0.29, 0.717) is 22.1 Å². The number of hydrogen-bond donors (Lipinski definition) is 1. The zero-order valence-electron chi connectivity index (χ0n) is 9.32. The van der Waals surface area contributed by atoms with Crippen molar-refractivity contribution in [1.82, 2.24) is 9.36 Å². The van der Waals surface area contributed by atoms with Crippen molar-refractivity contribution in [2.75, 3.05) is 5.32 Å². The summed E-state index contributed by atoms with van der Waals surface area (Å²) in [6.07, 6.45) is 0. The van der Waals surface area contributed by atoms with E-state index in [0.717, 1.165) is 11.5 Å². The molecule has 17 heavy (non-hydrogen) atoms. The minimum atomic E-state index is -0.356. The summed E-state index contributed by atoms with van der Waals surface area (Å²) in [6, 6.07) is 4.03. The highest BCUT2D eigenvalue weighted by atomic mass is 32.1. The van der Waals surface area contributed by atoms with Gasteiger partial charge in [-0.1, -0.05) is 0 Å². The van der Waals surface area contributed by atoms with Crippen molar-refractivity contribution in [1.29, 1.82) is 0 Å². The number of anilines is 1. The van der Waals surface area contributed by atoms with Gasteiger partial charge in [-0.15, -0.1) is 0 Å². The van der Waals surface area contributed by atoms with Gasteiger partial charge in [-0.25, -0.2) is 9.37 Å². The number of halogens is 1. The third-order valence-corrected chi connectivity index (χ3v) is 2.90. The van der Waals surface area contributed by atoms with E-state index in [2.05, 4.69) is 14.7 Å². The van der Waals surface area contributed by atoms with Crippen LogP contribution in [0.1, 0.15) is 21.7 Å². The van der Waals surface area contributed by atoms with Gasteiger partial charge >= 0.3 is 0 Å². The number of benzene rings is 1. The van der Waals surface area contributed by atoms with E-state index >= 15 is 0 Å². The topological polar surface area (TPSA) is 54.9 Å². The van der Waals surface area contributed by atoms with Crippen LogP contribution in [0.2, 0.25) is 0 Å². The molecule has 0 aliphatic rings. The minimum Gasteiger partial charge on any atom is -0.297 e. The molecular formula is C11H10FN3OS. The number of carbonyl (C=O) groups excluding carboxylic acids is 1. The smallest absolute Gasteiger partial charge is 0.257 e. The van der Waals surface area contributed by atoms with E-state index in [9.17, 15) is 9.18 Å². The Kier molecular flexibility index (Phi) is 3.14. The molecule has 0 aliphatic carbocycles. The lowest BCUT2D eigenvalue weighted by atomic mass is 10.1. The molecule has 2 rings (SSSR count). The third-order valence-electron chi connectivity index (χ3n) is 2.18. The molecule has 0 fully saturated rings. The van der Waals surface area contributed by atoms with Crippen LogP contribution < -0.4 is 5.32 Å². The van der Waals surface area contributed by atoms with Crippen molar-refractivity contribution >= 4 is 22.6 Å². The zero-order valence-corrected chi connectivity index (χ0v) is 10.1. The second-order valence-electron chi connectivity index (χ2n) is 3.56. The fourth-order valence-corrected chi connectivity index (χ4v) is 1.96. The number of nitrogens with one attached hydrogen (secondary N) is 1. The van der Waals surface area contributed by atoms with E-state index in [-0.39, 0.29) is 11.7 Å². The molecule has 0 radical (unpaired) electrons. The van der Waals surface area contributed by atoms with Crippen molar-refractivity contribution in [2.45, 2.75) is 13.8 Å². The van der Waals surface area contributed by atoms with E-state index in [1.807, 2.05) is 0 Å². The summed E-state index contributed by atoms with van der Waals surface area (Å²) in [5.41, 5.74) is 1.02. The average molecular weight is 251 g/mol. The molecule has 1 N–H and O–H groups in total. The SMILES string of the molecule is Cc1nsc(NC(=O)c2ccc(F)cc2C)n1. The molecule has 0 aliphatic heterocycles. The molecule has 1 aromatic heterocycles. The fourth-order valence-electron chi connectivity index (χ4n) is 1.39. The number of amides is 1. The number of nitrogens with zero attached hydrogens (tertiary/aromatic N) is 2. The van der Waals surface area contributed by atoms with Crippen molar-refractivity contribution < 1.29 is 9.18 Å². The Labute approximate surface area is 102 Å². The Morgan fingerprint density at radius 3 is 2.76 bits per heavy atom. The molecule has 6 heteroatoms. The van der Waals surface area contributed by atoms with Crippen LogP contribution in [-0.4, -0.2) is 15.3 Å². The molecular weight excluding hydrogens is 241 g/mol. The Hall–Kier alpha value is -1.82. The predicted octanol–water partition coefficient (Wildman–Crippen LogP) is 2.55. The van der Waals surface area contributed by atoms with Gasteiger partial charge in [0.1, 0.15) is 11.6 Å². The van der Waals surface area contributed by atoms with Gasteiger partial charge in [0.2, 0.25) is 5.13 Å². The molecule has 88 valence electrons. The third kappa shape index (κ3) is 2.65. The minimum absolute atomic E-state index is 0.307. The number of carbonyl (C=O) groups is 1. The number of hydrogen-bond acceptors (Lipinski definition) is 4. The van der Waals surface area contributed by atoms with Crippen molar-refractivity contribution in [2.24, 2.45) is 0 Å². The van der Waals surface area contributed by atoms with Gasteiger partial charge < -0.3 is 0 Å². The molecule has 0 bridgehead atoms. The zero-order chi connectivity index (χ0) is 12.4. The Morgan fingerprint density at radius 1 is 1.41 bits per heavy atom. The number of aromatic nitrogens is 2. The highest BCUT2D eigenvalue weighted by Crippen LogP contribution is 2.15. The van der Waals surface area contributed by atoms with Crippen molar-refractivity contribution in [3.05, 3.63) is 41.0 Å². The molecule has 1 heterocycles. The van der Waals surface area contributed by atoms with Gasteiger partial charge in [0.25, 0.3) is 5.91 Å². The van der Waals surface area contributed by atoms with Crippen molar-refractivity contribution in [3.8, 4) is 0 Å². The van der Waals surface area contributed by atoms with Gasteiger partial charge in [0.05, 0.1) is 0 Å². The fraction of sp³-hybridized carbons (Fsp3) is 0.182. The summed E-state index contributed by atoms with van der Waals surface area (Å²) >= 11 is 1.11. The number of aryl methyl sites for hydroxylation is 2. The Morgan fingerprint density at radius 2 is 2.18 bits per heavy atom. The van der Waals surface area contributed by atoms with Crippen LogP contribution in [0.5, 0.6) is 0 Å². The lowest BCUT2D eigenvalue weighted by molar-refractivity contribution is 0.102. The second-order valence-corrected chi connectivity index (χ2v) is 4.31. The van der Waals surface area contributed by atoms with Crippen LogP contribution >= 0.6 is 11.5 Å². The van der Waals surface area contributed by atoms with Crippen LogP contribution in [0, 0.1) is 19.7 Å². The monoisotopic (exact) mass is 251 g/mol. The maximum atomic E-state index is 12.9. The summed E-state index contributed by atoms with van der Waals surface area (Å²) in [4.78, 5) is 15.9. The Bertz CT molecular complexity index is 568. The predicted molar refractivity (Wildman–Crippen MR) is 63.7 cm³/mol. The maximum Gasteiger partial charge on any atom is 0.257 e. The molecule has 1 amide bonds. The molecule has 0 saturated heterocycles. The first-order chi connectivity index (χ1) is 8.06. The first-order valence-corrected chi connectivity index (χ1v) is 5.71. The standard InChI is InChI=1S/C11H10FN3OS/c1-6-5-8(12)3-4-9(6)10(16)14-11-13-7(2)15-17-11/h3-5H,1-2H3,(H,13,14,15,16). The van der Waals surface area contributed by atoms with E-state index in [4.69, 9.17) is 0 Å². The molecule has 1 aromatic carbocycles. The molecule has 4 nitrogen and oxygen atoms in total. The maximum absolute atomic E-state index is 12.9. The average Bonchev–Trinajstić information content (AvgIpc) is 2.63. The molecule has 0 saturated carbocycles. The summed E-state index contributed by atoms with van der Waals surface area (Å²) in [7, 11) is 0. The highest BCUT2D eigenvalue weighted by Gasteiger charge is 2.11. The van der Waals surface area contributed by atoms with Crippen molar-refractivity contribution in [3.63, 3.8) is 0 Å². The van der Waals surface area contributed by atoms with Crippen LogP contribution in [0.25, 0.3) is 0 Å². The van der Waals surface area contributed by atoms with E-state index in [1.165, 1.54) is 18.2 Å². The molecule has 0 atom stereocenters. The van der Waals surface area contributed by atoms with E-state index < -0.39 is 0 Å². The van der Waals surface area contributed by atoms with Gasteiger partial charge in [-0.3, -0.25) is 10.1 Å². The Balaban J connectivity index is 2.20. The van der Waals surface area contributed by atoms with Crippen LogP contribution in [-0.2, 0) is 0 Å². The van der Waals surface area contributed by atoms with E-state index in [1.54, 1.807) is 13.8 Å². The largest absolute Gasteiger partial charge is 0.297 e. The number of rotatable bonds is 2. The van der Waals surface area contributed by atoms with Crippen LogP contribution in [0.15, 0.2) is 18.2 Å². The molecule has 2 aromatic rings. The highest BCUT2D eigenvalue weighted by molar-refractivity contribution is 7.09. The van der Waals surface area contributed by atoms with Gasteiger partial charge in [-0.05, 0) is 37.6 Å². The first-order valence-electron chi connectivity index (χ1n) is 4.94. The lowest BCUT2D eigenvalue weighted by Gasteiger charge is -2.04. The summed E-state index contributed by atoms with van der Waals surface area (Å²) < 4.78 is 16.8. The second kappa shape index (κ2) is 4.58. The summed E-state index contributed by atoms with van der Waals surface area (Å²) in [5.74, 6) is -0.0504. The summed E-state index contributed by atoms with van der Waals surface area (Å²) in [6.45, 7) is 3.43. The lowest BCUT2D eigenvalue weighted by Crippen LogP contribution is -2.13. The van der Waals surface area contributed by atoms with Gasteiger partial charge in [-0.2, -0.15) is 4.37 Å². The normalized spacial score (nSPS) is 10.3. The summed E-state index contributed by atoms with van der Waals surface area (Å²) in [5, 5.41) is 3.06. The quantitative estimate of drug-likeness (QED) is 0.892. The van der Waals surface area contributed by atoms with Crippen LogP contribution in [0.4, 0.5) is 9.52 Å². The first kappa shape index (κ1) is 11.7. The molecule has 0 unspecified atom stereocenters. The van der Waals surface area contributed by atoms with Gasteiger partial charge in [0.15, 0.2) is 0 Å². The van der Waals surface area contributed by atoms with Gasteiger partial charge in [0, 0.05) is 17.1 Å².